The second-order valence-electron chi connectivity index (χ2n) is 4.36. The van der Waals surface area contributed by atoms with Gasteiger partial charge < -0.3 is 10.1 Å². The van der Waals surface area contributed by atoms with E-state index in [-0.39, 0.29) is 0 Å². The van der Waals surface area contributed by atoms with Crippen LogP contribution < -0.4 is 5.32 Å². The molecule has 0 amide bonds. The van der Waals surface area contributed by atoms with Crippen LogP contribution in [-0.2, 0) is 4.74 Å². The maximum absolute atomic E-state index is 5.73. The fourth-order valence-corrected chi connectivity index (χ4v) is 2.19. The molecule has 1 aromatic rings. The Morgan fingerprint density at radius 2 is 2.44 bits per heavy atom. The van der Waals surface area contributed by atoms with Crippen LogP contribution in [0.5, 0.6) is 0 Å². The van der Waals surface area contributed by atoms with Crippen molar-refractivity contribution in [3.05, 3.63) is 24.4 Å². The average Bonchev–Trinajstić information content (AvgIpc) is 2.31. The summed E-state index contributed by atoms with van der Waals surface area (Å²) in [6, 6.07) is 6.48. The summed E-state index contributed by atoms with van der Waals surface area (Å²) in [6.07, 6.45) is 6.80. The van der Waals surface area contributed by atoms with Gasteiger partial charge in [0.25, 0.3) is 0 Å². The van der Waals surface area contributed by atoms with Crippen molar-refractivity contribution < 1.29 is 4.74 Å². The minimum absolute atomic E-state index is 0.431. The van der Waals surface area contributed by atoms with Gasteiger partial charge in [-0.05, 0) is 31.4 Å². The molecule has 0 bridgehead atoms. The van der Waals surface area contributed by atoms with Crippen LogP contribution in [-0.4, -0.2) is 23.7 Å². The molecule has 1 N–H and O–H groups in total. The van der Waals surface area contributed by atoms with Crippen molar-refractivity contribution in [3.63, 3.8) is 0 Å². The second kappa shape index (κ2) is 5.85. The summed E-state index contributed by atoms with van der Waals surface area (Å²) in [6.45, 7) is 3.08. The van der Waals surface area contributed by atoms with Crippen molar-refractivity contribution in [1.82, 2.24) is 4.98 Å². The first-order valence-electron chi connectivity index (χ1n) is 6.17. The van der Waals surface area contributed by atoms with Crippen molar-refractivity contribution in [1.29, 1.82) is 0 Å². The van der Waals surface area contributed by atoms with E-state index in [4.69, 9.17) is 4.74 Å². The molecule has 1 saturated heterocycles. The van der Waals surface area contributed by atoms with Crippen LogP contribution in [0.1, 0.15) is 32.6 Å². The third-order valence-electron chi connectivity index (χ3n) is 2.99. The summed E-state index contributed by atoms with van der Waals surface area (Å²) in [5.41, 5.74) is 0. The lowest BCUT2D eigenvalue weighted by atomic mass is 10.0. The Labute approximate surface area is 97.2 Å². The van der Waals surface area contributed by atoms with Gasteiger partial charge in [-0.2, -0.15) is 0 Å². The van der Waals surface area contributed by atoms with E-state index in [2.05, 4.69) is 17.2 Å². The maximum Gasteiger partial charge on any atom is 0.126 e. The highest BCUT2D eigenvalue weighted by molar-refractivity contribution is 5.34. The lowest BCUT2D eigenvalue weighted by Crippen LogP contribution is -2.34. The van der Waals surface area contributed by atoms with Crippen LogP contribution in [0.15, 0.2) is 24.4 Å². The van der Waals surface area contributed by atoms with Gasteiger partial charge in [-0.1, -0.05) is 19.4 Å². The van der Waals surface area contributed by atoms with Gasteiger partial charge in [-0.3, -0.25) is 0 Å². The number of rotatable bonds is 4. The highest BCUT2D eigenvalue weighted by Crippen LogP contribution is 2.20. The van der Waals surface area contributed by atoms with Gasteiger partial charge in [0, 0.05) is 18.8 Å². The number of aromatic nitrogens is 1. The zero-order chi connectivity index (χ0) is 11.2. The van der Waals surface area contributed by atoms with Crippen LogP contribution in [0.2, 0.25) is 0 Å². The van der Waals surface area contributed by atoms with E-state index in [1.807, 2.05) is 24.4 Å². The molecule has 1 aliphatic heterocycles. The Kier molecular flexibility index (Phi) is 4.17. The topological polar surface area (TPSA) is 34.2 Å². The third kappa shape index (κ3) is 3.20. The molecule has 2 heterocycles. The van der Waals surface area contributed by atoms with Gasteiger partial charge in [-0.15, -0.1) is 0 Å². The first-order chi connectivity index (χ1) is 7.88. The quantitative estimate of drug-likeness (QED) is 0.847. The SMILES string of the molecule is CCCC1CC(Nc2ccccn2)CCO1. The summed E-state index contributed by atoms with van der Waals surface area (Å²) < 4.78 is 5.73. The molecule has 16 heavy (non-hydrogen) atoms. The molecule has 2 rings (SSSR count). The normalized spacial score (nSPS) is 25.3. The van der Waals surface area contributed by atoms with Crippen molar-refractivity contribution in [2.24, 2.45) is 0 Å². The number of nitrogens with one attached hydrogen (secondary N) is 1. The third-order valence-corrected chi connectivity index (χ3v) is 2.99. The predicted molar refractivity (Wildman–Crippen MR) is 65.5 cm³/mol. The molecular formula is C13H20N2O. The Hall–Kier alpha value is -1.09. The van der Waals surface area contributed by atoms with E-state index in [0.29, 0.717) is 12.1 Å². The Balaban J connectivity index is 1.85. The van der Waals surface area contributed by atoms with Crippen molar-refractivity contribution in [2.45, 2.75) is 44.8 Å². The van der Waals surface area contributed by atoms with Gasteiger partial charge >= 0.3 is 0 Å². The summed E-state index contributed by atoms with van der Waals surface area (Å²) in [5.74, 6) is 0.977. The standard InChI is InChI=1S/C13H20N2O/c1-2-5-12-10-11(7-9-16-12)15-13-6-3-4-8-14-13/h3-4,6,8,11-12H,2,5,7,9-10H2,1H3,(H,14,15). The minimum Gasteiger partial charge on any atom is -0.378 e. The Morgan fingerprint density at radius 1 is 1.50 bits per heavy atom. The van der Waals surface area contributed by atoms with E-state index in [1.165, 1.54) is 12.8 Å². The first-order valence-corrected chi connectivity index (χ1v) is 6.17. The molecule has 2 atom stereocenters. The molecule has 0 spiro atoms. The number of hydrogen-bond donors (Lipinski definition) is 1. The van der Waals surface area contributed by atoms with E-state index >= 15 is 0 Å². The smallest absolute Gasteiger partial charge is 0.126 e. The van der Waals surface area contributed by atoms with Crippen molar-refractivity contribution >= 4 is 5.82 Å². The van der Waals surface area contributed by atoms with Gasteiger partial charge in [-0.25, -0.2) is 4.98 Å². The van der Waals surface area contributed by atoms with Crippen LogP contribution in [0.3, 0.4) is 0 Å². The van der Waals surface area contributed by atoms with Crippen LogP contribution >= 0.6 is 0 Å². The fraction of sp³-hybridized carbons (Fsp3) is 0.615. The molecule has 1 aliphatic rings. The van der Waals surface area contributed by atoms with Crippen molar-refractivity contribution in [3.8, 4) is 0 Å². The molecule has 0 aromatic carbocycles. The molecule has 1 fully saturated rings. The molecule has 1 aromatic heterocycles. The van der Waals surface area contributed by atoms with E-state index in [9.17, 15) is 0 Å². The molecule has 0 aliphatic carbocycles. The predicted octanol–water partition coefficient (Wildman–Crippen LogP) is 2.84. The van der Waals surface area contributed by atoms with Gasteiger partial charge in [0.1, 0.15) is 5.82 Å². The molecule has 3 nitrogen and oxygen atoms in total. The first kappa shape index (κ1) is 11.4. The number of hydrogen-bond acceptors (Lipinski definition) is 3. The average molecular weight is 220 g/mol. The van der Waals surface area contributed by atoms with Crippen LogP contribution in [0, 0.1) is 0 Å². The molecule has 2 unspecified atom stereocenters. The number of pyridine rings is 1. The second-order valence-corrected chi connectivity index (χ2v) is 4.36. The number of nitrogens with zero attached hydrogens (tertiary/aromatic N) is 1. The van der Waals surface area contributed by atoms with Crippen LogP contribution in [0.25, 0.3) is 0 Å². The van der Waals surface area contributed by atoms with E-state index in [1.54, 1.807) is 0 Å². The largest absolute Gasteiger partial charge is 0.378 e. The maximum atomic E-state index is 5.73. The Bertz CT molecular complexity index is 300. The summed E-state index contributed by atoms with van der Waals surface area (Å²) in [5, 5.41) is 3.48. The fourth-order valence-electron chi connectivity index (χ4n) is 2.19. The monoisotopic (exact) mass is 220 g/mol. The zero-order valence-corrected chi connectivity index (χ0v) is 9.86. The van der Waals surface area contributed by atoms with E-state index < -0.39 is 0 Å². The number of anilines is 1. The lowest BCUT2D eigenvalue weighted by molar-refractivity contribution is 0.00593. The highest BCUT2D eigenvalue weighted by atomic mass is 16.5. The molecule has 0 radical (unpaired) electrons. The van der Waals surface area contributed by atoms with Gasteiger partial charge in [0.2, 0.25) is 0 Å². The lowest BCUT2D eigenvalue weighted by Gasteiger charge is -2.30. The minimum atomic E-state index is 0.431. The van der Waals surface area contributed by atoms with Crippen LogP contribution in [0.4, 0.5) is 5.82 Å². The zero-order valence-electron chi connectivity index (χ0n) is 9.86. The summed E-state index contributed by atoms with van der Waals surface area (Å²) >= 11 is 0. The van der Waals surface area contributed by atoms with Gasteiger partial charge in [0.05, 0.1) is 6.10 Å². The molecule has 88 valence electrons. The van der Waals surface area contributed by atoms with Gasteiger partial charge in [0.15, 0.2) is 0 Å². The molecular weight excluding hydrogens is 200 g/mol. The molecule has 0 saturated carbocycles. The summed E-state index contributed by atoms with van der Waals surface area (Å²) in [7, 11) is 0. The Morgan fingerprint density at radius 3 is 3.19 bits per heavy atom. The number of ether oxygens (including phenoxy) is 1. The van der Waals surface area contributed by atoms with Crippen molar-refractivity contribution in [2.75, 3.05) is 11.9 Å². The molecule has 3 heteroatoms. The van der Waals surface area contributed by atoms with E-state index in [0.717, 1.165) is 25.3 Å². The summed E-state index contributed by atoms with van der Waals surface area (Å²) in [4.78, 5) is 4.29. The highest BCUT2D eigenvalue weighted by Gasteiger charge is 2.21.